The molecule has 0 heterocycles. The van der Waals surface area contributed by atoms with E-state index in [1.54, 1.807) is 37.3 Å². The normalized spacial score (nSPS) is 11.8. The number of rotatable bonds is 13. The zero-order valence-corrected chi connectivity index (χ0v) is 24.5. The van der Waals surface area contributed by atoms with E-state index < -0.39 is 28.5 Å². The highest BCUT2D eigenvalue weighted by atomic mass is 35.5. The Bertz CT molecular complexity index is 1400. The number of carbonyl (C=O) groups is 2. The van der Waals surface area contributed by atoms with Crippen LogP contribution in [0.5, 0.6) is 11.5 Å². The van der Waals surface area contributed by atoms with E-state index in [0.717, 1.165) is 21.7 Å². The lowest BCUT2D eigenvalue weighted by Gasteiger charge is -2.33. The van der Waals surface area contributed by atoms with Crippen molar-refractivity contribution >= 4 is 39.1 Å². The summed E-state index contributed by atoms with van der Waals surface area (Å²) in [6.45, 7) is 1.69. The Morgan fingerprint density at radius 2 is 1.57 bits per heavy atom. The van der Waals surface area contributed by atoms with Gasteiger partial charge >= 0.3 is 0 Å². The third kappa shape index (κ3) is 8.12. The molecule has 3 aromatic carbocycles. The molecule has 3 rings (SSSR count). The van der Waals surface area contributed by atoms with Gasteiger partial charge in [-0.25, -0.2) is 8.42 Å². The monoisotopic (exact) mass is 587 g/mol. The Labute approximate surface area is 240 Å². The molecular formula is C29H34ClN3O6S. The van der Waals surface area contributed by atoms with Crippen molar-refractivity contribution in [1.29, 1.82) is 0 Å². The van der Waals surface area contributed by atoms with E-state index in [4.69, 9.17) is 21.1 Å². The summed E-state index contributed by atoms with van der Waals surface area (Å²) in [5, 5.41) is 3.35. The summed E-state index contributed by atoms with van der Waals surface area (Å²) < 4.78 is 37.4. The number of sulfonamides is 1. The first-order valence-electron chi connectivity index (χ1n) is 12.6. The summed E-state index contributed by atoms with van der Waals surface area (Å²) in [5.74, 6) is -0.175. The molecule has 9 nitrogen and oxygen atoms in total. The van der Waals surface area contributed by atoms with Crippen LogP contribution < -0.4 is 19.1 Å². The molecule has 0 fully saturated rings. The molecule has 0 aliphatic carbocycles. The Kier molecular flexibility index (Phi) is 10.8. The molecule has 2 amide bonds. The zero-order chi connectivity index (χ0) is 29.3. The van der Waals surface area contributed by atoms with Crippen molar-refractivity contribution in [3.8, 4) is 11.5 Å². The van der Waals surface area contributed by atoms with Crippen LogP contribution in [0.4, 0.5) is 5.69 Å². The number of benzene rings is 3. The van der Waals surface area contributed by atoms with Gasteiger partial charge < -0.3 is 19.7 Å². The maximum atomic E-state index is 14.0. The number of anilines is 1. The second-order valence-corrected chi connectivity index (χ2v) is 11.4. The van der Waals surface area contributed by atoms with Gasteiger partial charge in [0.25, 0.3) is 0 Å². The van der Waals surface area contributed by atoms with E-state index >= 15 is 0 Å². The molecule has 0 aromatic heterocycles. The van der Waals surface area contributed by atoms with Gasteiger partial charge in [0.15, 0.2) is 11.5 Å². The van der Waals surface area contributed by atoms with Crippen LogP contribution in [0.1, 0.15) is 18.1 Å². The number of nitrogens with one attached hydrogen (secondary N) is 1. The number of nitrogens with zero attached hydrogens (tertiary/aromatic N) is 2. The number of amides is 2. The van der Waals surface area contributed by atoms with Gasteiger partial charge in [-0.05, 0) is 42.3 Å². The molecule has 0 aliphatic rings. The van der Waals surface area contributed by atoms with Gasteiger partial charge in [-0.3, -0.25) is 13.9 Å². The number of halogens is 1. The van der Waals surface area contributed by atoms with Gasteiger partial charge in [-0.1, -0.05) is 54.1 Å². The molecule has 40 heavy (non-hydrogen) atoms. The van der Waals surface area contributed by atoms with Gasteiger partial charge in [0, 0.05) is 30.6 Å². The van der Waals surface area contributed by atoms with Crippen LogP contribution in [-0.4, -0.2) is 64.7 Å². The molecule has 0 aliphatic heterocycles. The molecular weight excluding hydrogens is 554 g/mol. The average molecular weight is 588 g/mol. The summed E-state index contributed by atoms with van der Waals surface area (Å²) in [5.41, 5.74) is 1.81. The SMILES string of the molecule is CCNC(=O)C(Cc1ccccc1)N(Cc1ccc(Cl)cc1)C(=O)CN(c1ccc(OC)c(OC)c1)S(C)(=O)=O. The van der Waals surface area contributed by atoms with E-state index in [1.807, 2.05) is 30.3 Å². The number of carbonyl (C=O) groups excluding carboxylic acids is 2. The lowest BCUT2D eigenvalue weighted by Crippen LogP contribution is -2.53. The molecule has 0 radical (unpaired) electrons. The minimum atomic E-state index is -3.91. The first-order valence-corrected chi connectivity index (χ1v) is 14.8. The van der Waals surface area contributed by atoms with Crippen LogP contribution in [-0.2, 0) is 32.6 Å². The van der Waals surface area contributed by atoms with Crippen LogP contribution >= 0.6 is 11.6 Å². The zero-order valence-electron chi connectivity index (χ0n) is 23.0. The number of hydrogen-bond donors (Lipinski definition) is 1. The predicted octanol–water partition coefficient (Wildman–Crippen LogP) is 3.90. The highest BCUT2D eigenvalue weighted by molar-refractivity contribution is 7.92. The van der Waals surface area contributed by atoms with E-state index in [2.05, 4.69) is 5.32 Å². The van der Waals surface area contributed by atoms with Crippen molar-refractivity contribution in [2.45, 2.75) is 25.9 Å². The number of likely N-dealkylation sites (N-methyl/N-ethyl adjacent to an activating group) is 1. The Morgan fingerprint density at radius 3 is 2.15 bits per heavy atom. The molecule has 1 unspecified atom stereocenters. The van der Waals surface area contributed by atoms with Crippen LogP contribution in [0.15, 0.2) is 72.8 Å². The van der Waals surface area contributed by atoms with Crippen molar-refractivity contribution in [3.05, 3.63) is 88.9 Å². The number of methoxy groups -OCH3 is 2. The summed E-state index contributed by atoms with van der Waals surface area (Å²) in [7, 11) is -1.01. The minimum Gasteiger partial charge on any atom is -0.493 e. The third-order valence-electron chi connectivity index (χ3n) is 6.22. The summed E-state index contributed by atoms with van der Waals surface area (Å²) in [4.78, 5) is 28.8. The largest absolute Gasteiger partial charge is 0.493 e. The molecule has 214 valence electrons. The molecule has 3 aromatic rings. The predicted molar refractivity (Wildman–Crippen MR) is 156 cm³/mol. The maximum absolute atomic E-state index is 14.0. The standard InChI is InChI=1S/C29H34ClN3O6S/c1-5-31-29(35)25(17-21-9-7-6-8-10-21)32(19-22-11-13-23(30)14-12-22)28(34)20-33(40(4,36)37)24-15-16-26(38-2)27(18-24)39-3/h6-16,18,25H,5,17,19-20H2,1-4H3,(H,31,35). The minimum absolute atomic E-state index is 0.0637. The Morgan fingerprint density at radius 1 is 0.925 bits per heavy atom. The Hall–Kier alpha value is -3.76. The average Bonchev–Trinajstić information content (AvgIpc) is 2.94. The second kappa shape index (κ2) is 14.0. The molecule has 0 saturated heterocycles. The van der Waals surface area contributed by atoms with E-state index in [-0.39, 0.29) is 24.6 Å². The second-order valence-electron chi connectivity index (χ2n) is 9.06. The number of hydrogen-bond acceptors (Lipinski definition) is 6. The fourth-order valence-corrected chi connectivity index (χ4v) is 5.19. The molecule has 11 heteroatoms. The first-order chi connectivity index (χ1) is 19.1. The highest BCUT2D eigenvalue weighted by Crippen LogP contribution is 2.32. The van der Waals surface area contributed by atoms with Crippen molar-refractivity contribution in [2.24, 2.45) is 0 Å². The van der Waals surface area contributed by atoms with Crippen molar-refractivity contribution in [2.75, 3.05) is 37.9 Å². The van der Waals surface area contributed by atoms with E-state index in [9.17, 15) is 18.0 Å². The summed E-state index contributed by atoms with van der Waals surface area (Å²) in [6, 6.07) is 20.0. The highest BCUT2D eigenvalue weighted by Gasteiger charge is 2.33. The maximum Gasteiger partial charge on any atom is 0.244 e. The quantitative estimate of drug-likeness (QED) is 0.325. The fraction of sp³-hybridized carbons (Fsp3) is 0.310. The van der Waals surface area contributed by atoms with Crippen molar-refractivity contribution in [1.82, 2.24) is 10.2 Å². The van der Waals surface area contributed by atoms with E-state index in [1.165, 1.54) is 31.3 Å². The smallest absolute Gasteiger partial charge is 0.244 e. The molecule has 0 bridgehead atoms. The number of ether oxygens (including phenoxy) is 2. The summed E-state index contributed by atoms with van der Waals surface area (Å²) in [6.07, 6.45) is 1.26. The van der Waals surface area contributed by atoms with Crippen molar-refractivity contribution < 1.29 is 27.5 Å². The molecule has 0 saturated carbocycles. The molecule has 1 atom stereocenters. The third-order valence-corrected chi connectivity index (χ3v) is 7.62. The van der Waals surface area contributed by atoms with Gasteiger partial charge in [0.2, 0.25) is 21.8 Å². The lowest BCUT2D eigenvalue weighted by atomic mass is 10.0. The van der Waals surface area contributed by atoms with Crippen LogP contribution in [0.2, 0.25) is 5.02 Å². The van der Waals surface area contributed by atoms with Crippen LogP contribution in [0.25, 0.3) is 0 Å². The van der Waals surface area contributed by atoms with Gasteiger partial charge in [0.1, 0.15) is 12.6 Å². The van der Waals surface area contributed by atoms with Crippen LogP contribution in [0, 0.1) is 0 Å². The van der Waals surface area contributed by atoms with Crippen molar-refractivity contribution in [3.63, 3.8) is 0 Å². The fourth-order valence-electron chi connectivity index (χ4n) is 4.23. The van der Waals surface area contributed by atoms with Gasteiger partial charge in [-0.15, -0.1) is 0 Å². The summed E-state index contributed by atoms with van der Waals surface area (Å²) >= 11 is 6.07. The molecule has 1 N–H and O–H groups in total. The van der Waals surface area contributed by atoms with Gasteiger partial charge in [0.05, 0.1) is 26.2 Å². The molecule has 0 spiro atoms. The van der Waals surface area contributed by atoms with E-state index in [0.29, 0.717) is 23.1 Å². The topological polar surface area (TPSA) is 105 Å². The lowest BCUT2D eigenvalue weighted by molar-refractivity contribution is -0.140. The van der Waals surface area contributed by atoms with Crippen LogP contribution in [0.3, 0.4) is 0 Å². The first kappa shape index (κ1) is 30.8. The Balaban J connectivity index is 2.05. The van der Waals surface area contributed by atoms with Gasteiger partial charge in [-0.2, -0.15) is 0 Å².